The van der Waals surface area contributed by atoms with Gasteiger partial charge in [0.25, 0.3) is 0 Å². The van der Waals surface area contributed by atoms with Gasteiger partial charge < -0.3 is 10.3 Å². The Hall–Kier alpha value is -2.13. The summed E-state index contributed by atoms with van der Waals surface area (Å²) in [5.74, 6) is 0.884. The van der Waals surface area contributed by atoms with Crippen molar-refractivity contribution in [2.75, 3.05) is 6.54 Å². The minimum atomic E-state index is 0.884. The predicted molar refractivity (Wildman–Crippen MR) is 105 cm³/mol. The maximum atomic E-state index is 4.30. The van der Waals surface area contributed by atoms with Gasteiger partial charge in [-0.3, -0.25) is 0 Å². The van der Waals surface area contributed by atoms with Crippen molar-refractivity contribution >= 4 is 11.0 Å². The van der Waals surface area contributed by atoms with Crippen molar-refractivity contribution in [3.63, 3.8) is 0 Å². The highest BCUT2D eigenvalue weighted by molar-refractivity contribution is 5.82. The fourth-order valence-corrected chi connectivity index (χ4v) is 4.07. The highest BCUT2D eigenvalue weighted by Crippen LogP contribution is 2.27. The van der Waals surface area contributed by atoms with Crippen LogP contribution in [0.3, 0.4) is 0 Å². The molecule has 3 nitrogen and oxygen atoms in total. The second-order valence-corrected chi connectivity index (χ2v) is 7.42. The number of imidazole rings is 1. The van der Waals surface area contributed by atoms with E-state index < -0.39 is 0 Å². The van der Waals surface area contributed by atoms with Crippen LogP contribution in [0.5, 0.6) is 0 Å². The molecule has 0 spiro atoms. The Morgan fingerprint density at radius 3 is 2.80 bits per heavy atom. The highest BCUT2D eigenvalue weighted by Gasteiger charge is 2.12. The molecule has 2 aromatic carbocycles. The molecule has 3 heteroatoms. The van der Waals surface area contributed by atoms with Crippen molar-refractivity contribution in [3.05, 3.63) is 53.9 Å². The summed E-state index contributed by atoms with van der Waals surface area (Å²) in [5.41, 5.74) is 7.36. The van der Waals surface area contributed by atoms with Crippen molar-refractivity contribution < 1.29 is 0 Å². The second-order valence-electron chi connectivity index (χ2n) is 7.42. The molecule has 1 aromatic heterocycles. The van der Waals surface area contributed by atoms with Gasteiger partial charge in [0.2, 0.25) is 0 Å². The average Bonchev–Trinajstić information content (AvgIpc) is 3.10. The van der Waals surface area contributed by atoms with E-state index in [0.717, 1.165) is 30.0 Å². The molecule has 0 aliphatic heterocycles. The van der Waals surface area contributed by atoms with Gasteiger partial charge in [0.05, 0.1) is 17.4 Å². The quantitative estimate of drug-likeness (QED) is 0.673. The summed E-state index contributed by atoms with van der Waals surface area (Å²) < 4.78 is 0. The van der Waals surface area contributed by atoms with Crippen LogP contribution in [0.15, 0.2) is 42.7 Å². The number of H-pyrrole nitrogens is 1. The van der Waals surface area contributed by atoms with Crippen LogP contribution < -0.4 is 5.32 Å². The standard InChI is InChI=1S/C22H27N3/c1-16-11-18(14-23-13-17-5-3-2-4-6-17)7-9-20(16)19-8-10-21-22(12-19)25-15-24-21/h7-12,15,17,23H,2-6,13-14H2,1H3,(H,24,25). The van der Waals surface area contributed by atoms with Crippen LogP contribution >= 0.6 is 0 Å². The number of hydrogen-bond acceptors (Lipinski definition) is 2. The van der Waals surface area contributed by atoms with Crippen molar-refractivity contribution in [3.8, 4) is 11.1 Å². The van der Waals surface area contributed by atoms with Crippen molar-refractivity contribution in [2.24, 2.45) is 5.92 Å². The molecule has 3 aromatic rings. The number of nitrogens with one attached hydrogen (secondary N) is 2. The van der Waals surface area contributed by atoms with Crippen LogP contribution in [0.4, 0.5) is 0 Å². The van der Waals surface area contributed by atoms with E-state index in [1.54, 1.807) is 6.33 Å². The third-order valence-electron chi connectivity index (χ3n) is 5.51. The smallest absolute Gasteiger partial charge is 0.0931 e. The first-order valence-electron chi connectivity index (χ1n) is 9.53. The van der Waals surface area contributed by atoms with Crippen LogP contribution in [0.25, 0.3) is 22.2 Å². The molecule has 1 aliphatic carbocycles. The van der Waals surface area contributed by atoms with Crippen molar-refractivity contribution in [2.45, 2.75) is 45.6 Å². The first-order valence-corrected chi connectivity index (χ1v) is 9.53. The zero-order valence-electron chi connectivity index (χ0n) is 15.0. The lowest BCUT2D eigenvalue weighted by molar-refractivity contribution is 0.342. The fourth-order valence-electron chi connectivity index (χ4n) is 4.07. The normalized spacial score (nSPS) is 15.7. The average molecular weight is 333 g/mol. The molecule has 0 unspecified atom stereocenters. The SMILES string of the molecule is Cc1cc(CNCC2CCCCC2)ccc1-c1ccc2nc[nH]c2c1. The van der Waals surface area contributed by atoms with E-state index in [4.69, 9.17) is 0 Å². The van der Waals surface area contributed by atoms with Crippen molar-refractivity contribution in [1.82, 2.24) is 15.3 Å². The summed E-state index contributed by atoms with van der Waals surface area (Å²) in [6.07, 6.45) is 8.83. The zero-order chi connectivity index (χ0) is 17.1. The van der Waals surface area contributed by atoms with Gasteiger partial charge in [-0.05, 0) is 66.6 Å². The third-order valence-corrected chi connectivity index (χ3v) is 5.51. The topological polar surface area (TPSA) is 40.7 Å². The van der Waals surface area contributed by atoms with Gasteiger partial charge in [0, 0.05) is 6.54 Å². The molecule has 2 N–H and O–H groups in total. The van der Waals surface area contributed by atoms with Crippen LogP contribution in [0.1, 0.15) is 43.2 Å². The zero-order valence-corrected chi connectivity index (χ0v) is 15.0. The van der Waals surface area contributed by atoms with Crippen LogP contribution in [-0.4, -0.2) is 16.5 Å². The van der Waals surface area contributed by atoms with Gasteiger partial charge >= 0.3 is 0 Å². The maximum absolute atomic E-state index is 4.30. The lowest BCUT2D eigenvalue weighted by atomic mass is 9.89. The Morgan fingerprint density at radius 1 is 1.08 bits per heavy atom. The number of hydrogen-bond donors (Lipinski definition) is 2. The van der Waals surface area contributed by atoms with Gasteiger partial charge in [-0.15, -0.1) is 0 Å². The number of rotatable bonds is 5. The maximum Gasteiger partial charge on any atom is 0.0931 e. The molecule has 0 saturated heterocycles. The Balaban J connectivity index is 1.43. The van der Waals surface area contributed by atoms with Gasteiger partial charge in [-0.25, -0.2) is 4.98 Å². The van der Waals surface area contributed by atoms with Gasteiger partial charge in [0.15, 0.2) is 0 Å². The molecule has 0 bridgehead atoms. The lowest BCUT2D eigenvalue weighted by Gasteiger charge is -2.22. The van der Waals surface area contributed by atoms with Crippen LogP contribution in [0, 0.1) is 12.8 Å². The molecule has 0 atom stereocenters. The fraction of sp³-hybridized carbons (Fsp3) is 0.409. The lowest BCUT2D eigenvalue weighted by Crippen LogP contribution is -2.24. The predicted octanol–water partition coefficient (Wildman–Crippen LogP) is 5.21. The molecule has 25 heavy (non-hydrogen) atoms. The molecule has 1 aliphatic rings. The molecular weight excluding hydrogens is 306 g/mol. The minimum absolute atomic E-state index is 0.884. The van der Waals surface area contributed by atoms with E-state index >= 15 is 0 Å². The van der Waals surface area contributed by atoms with Crippen molar-refractivity contribution in [1.29, 1.82) is 0 Å². The van der Waals surface area contributed by atoms with E-state index in [1.165, 1.54) is 54.4 Å². The summed E-state index contributed by atoms with van der Waals surface area (Å²) in [6, 6.07) is 13.3. The highest BCUT2D eigenvalue weighted by atomic mass is 14.9. The summed E-state index contributed by atoms with van der Waals surface area (Å²) in [5, 5.41) is 3.67. The van der Waals surface area contributed by atoms with Crippen LogP contribution in [0.2, 0.25) is 0 Å². The van der Waals surface area contributed by atoms with Gasteiger partial charge in [-0.1, -0.05) is 43.5 Å². The van der Waals surface area contributed by atoms with Crippen LogP contribution in [-0.2, 0) is 6.54 Å². The van der Waals surface area contributed by atoms with E-state index in [9.17, 15) is 0 Å². The van der Waals surface area contributed by atoms with E-state index in [1.807, 2.05) is 0 Å². The summed E-state index contributed by atoms with van der Waals surface area (Å²) in [6.45, 7) is 4.34. The Labute approximate surface area is 149 Å². The summed E-state index contributed by atoms with van der Waals surface area (Å²) >= 11 is 0. The number of aryl methyl sites for hydroxylation is 1. The van der Waals surface area contributed by atoms with E-state index in [0.29, 0.717) is 0 Å². The Bertz CT molecular complexity index is 843. The molecule has 130 valence electrons. The Kier molecular flexibility index (Phi) is 4.84. The van der Waals surface area contributed by atoms with E-state index in [2.05, 4.69) is 58.6 Å². The first kappa shape index (κ1) is 16.3. The molecule has 1 fully saturated rings. The monoisotopic (exact) mass is 333 g/mol. The number of aromatic amines is 1. The number of aromatic nitrogens is 2. The molecular formula is C22H27N3. The van der Waals surface area contributed by atoms with Gasteiger partial charge in [0.1, 0.15) is 0 Å². The third kappa shape index (κ3) is 3.77. The molecule has 0 amide bonds. The molecule has 1 saturated carbocycles. The Morgan fingerprint density at radius 2 is 1.96 bits per heavy atom. The largest absolute Gasteiger partial charge is 0.345 e. The first-order chi connectivity index (χ1) is 12.3. The van der Waals surface area contributed by atoms with Gasteiger partial charge in [-0.2, -0.15) is 0 Å². The number of benzene rings is 2. The summed E-state index contributed by atoms with van der Waals surface area (Å²) in [7, 11) is 0. The second kappa shape index (κ2) is 7.40. The minimum Gasteiger partial charge on any atom is -0.345 e. The molecule has 1 heterocycles. The van der Waals surface area contributed by atoms with E-state index in [-0.39, 0.29) is 0 Å². The molecule has 0 radical (unpaired) electrons. The number of fused-ring (bicyclic) bond motifs is 1. The number of nitrogens with zero attached hydrogens (tertiary/aromatic N) is 1. The summed E-state index contributed by atoms with van der Waals surface area (Å²) in [4.78, 5) is 7.50. The molecule has 4 rings (SSSR count).